The molecular formula is C12H10N4O. The van der Waals surface area contributed by atoms with Gasteiger partial charge in [0.2, 0.25) is 0 Å². The number of H-pyrrole nitrogens is 1. The average Bonchev–Trinajstić information content (AvgIpc) is 2.66. The fraction of sp³-hybridized carbons (Fsp3) is 0.0833. The first-order chi connectivity index (χ1) is 8.25. The molecule has 0 saturated heterocycles. The maximum absolute atomic E-state index is 11.0. The number of pyridine rings is 1. The minimum atomic E-state index is -0.208. The molecule has 3 heterocycles. The zero-order valence-electron chi connectivity index (χ0n) is 9.21. The smallest absolute Gasteiger partial charge is 0.264 e. The van der Waals surface area contributed by atoms with Crippen molar-refractivity contribution in [3.8, 4) is 11.4 Å². The van der Waals surface area contributed by atoms with Gasteiger partial charge in [0.1, 0.15) is 11.3 Å². The number of hydrogen-bond donors (Lipinski definition) is 1. The zero-order chi connectivity index (χ0) is 11.8. The molecule has 0 aliphatic carbocycles. The van der Waals surface area contributed by atoms with E-state index in [1.807, 2.05) is 35.7 Å². The van der Waals surface area contributed by atoms with Gasteiger partial charge >= 0.3 is 0 Å². The summed E-state index contributed by atoms with van der Waals surface area (Å²) >= 11 is 0. The Balaban J connectivity index is 2.33. The van der Waals surface area contributed by atoms with E-state index in [0.29, 0.717) is 5.69 Å². The molecular weight excluding hydrogens is 216 g/mol. The number of aromatic amines is 1. The van der Waals surface area contributed by atoms with Gasteiger partial charge in [0.15, 0.2) is 0 Å². The summed E-state index contributed by atoms with van der Waals surface area (Å²) in [6.45, 7) is 1.93. The molecule has 0 spiro atoms. The van der Waals surface area contributed by atoms with Crippen LogP contribution in [-0.2, 0) is 0 Å². The minimum absolute atomic E-state index is 0.208. The summed E-state index contributed by atoms with van der Waals surface area (Å²) in [4.78, 5) is 15.4. The molecule has 3 aromatic rings. The van der Waals surface area contributed by atoms with Crippen molar-refractivity contribution in [2.75, 3.05) is 0 Å². The highest BCUT2D eigenvalue weighted by atomic mass is 16.1. The van der Waals surface area contributed by atoms with E-state index < -0.39 is 0 Å². The van der Waals surface area contributed by atoms with Gasteiger partial charge in [-0.15, -0.1) is 0 Å². The van der Waals surface area contributed by atoms with Crippen molar-refractivity contribution in [1.82, 2.24) is 19.6 Å². The normalized spacial score (nSPS) is 10.9. The lowest BCUT2D eigenvalue weighted by atomic mass is 10.2. The Kier molecular flexibility index (Phi) is 2.04. The van der Waals surface area contributed by atoms with E-state index in [1.165, 1.54) is 6.07 Å². The van der Waals surface area contributed by atoms with Crippen molar-refractivity contribution in [1.29, 1.82) is 0 Å². The average molecular weight is 226 g/mol. The van der Waals surface area contributed by atoms with Crippen LogP contribution in [0.25, 0.3) is 17.0 Å². The van der Waals surface area contributed by atoms with Gasteiger partial charge in [-0.25, -0.2) is 10.1 Å². The number of nitrogens with one attached hydrogen (secondary N) is 1. The number of nitrogens with zero attached hydrogens (tertiary/aromatic N) is 3. The predicted molar refractivity (Wildman–Crippen MR) is 63.8 cm³/mol. The minimum Gasteiger partial charge on any atom is -0.298 e. The molecule has 5 nitrogen and oxygen atoms in total. The van der Waals surface area contributed by atoms with Crippen molar-refractivity contribution in [2.45, 2.75) is 6.92 Å². The summed E-state index contributed by atoms with van der Waals surface area (Å²) in [5, 5.41) is 6.47. The van der Waals surface area contributed by atoms with Crippen molar-refractivity contribution in [3.63, 3.8) is 0 Å². The summed E-state index contributed by atoms with van der Waals surface area (Å²) in [6, 6.07) is 8.96. The summed E-state index contributed by atoms with van der Waals surface area (Å²) < 4.78 is 1.95. The van der Waals surface area contributed by atoms with Crippen LogP contribution >= 0.6 is 0 Å². The van der Waals surface area contributed by atoms with Gasteiger partial charge in [-0.05, 0) is 25.1 Å². The van der Waals surface area contributed by atoms with Gasteiger partial charge in [-0.1, -0.05) is 6.07 Å². The Morgan fingerprint density at radius 1 is 1.24 bits per heavy atom. The lowest BCUT2D eigenvalue weighted by Gasteiger charge is -2.00. The van der Waals surface area contributed by atoms with Gasteiger partial charge in [0, 0.05) is 12.3 Å². The third kappa shape index (κ3) is 1.52. The summed E-state index contributed by atoms with van der Waals surface area (Å²) in [5.41, 5.74) is 3.15. The maximum Gasteiger partial charge on any atom is 0.264 e. The van der Waals surface area contributed by atoms with Crippen molar-refractivity contribution in [3.05, 3.63) is 52.6 Å². The lowest BCUT2D eigenvalue weighted by Crippen LogP contribution is -2.06. The second-order valence-electron chi connectivity index (χ2n) is 3.78. The van der Waals surface area contributed by atoms with Crippen molar-refractivity contribution in [2.24, 2.45) is 0 Å². The Morgan fingerprint density at radius 3 is 2.88 bits per heavy atom. The second-order valence-corrected chi connectivity index (χ2v) is 3.78. The quantitative estimate of drug-likeness (QED) is 0.682. The Bertz CT molecular complexity index is 721. The number of hydrogen-bond acceptors (Lipinski definition) is 3. The molecule has 5 heteroatoms. The topological polar surface area (TPSA) is 63.1 Å². The molecule has 0 unspecified atom stereocenters. The van der Waals surface area contributed by atoms with Gasteiger partial charge in [0.05, 0.1) is 11.4 Å². The molecule has 0 fully saturated rings. The highest BCUT2D eigenvalue weighted by Gasteiger charge is 2.11. The van der Waals surface area contributed by atoms with Gasteiger partial charge in [-0.2, -0.15) is 5.10 Å². The first-order valence-electron chi connectivity index (χ1n) is 5.25. The highest BCUT2D eigenvalue weighted by molar-refractivity contribution is 5.63. The number of imidazole rings is 1. The molecule has 0 atom stereocenters. The summed E-state index contributed by atoms with van der Waals surface area (Å²) in [5.74, 6) is 0. The van der Waals surface area contributed by atoms with Gasteiger partial charge < -0.3 is 0 Å². The van der Waals surface area contributed by atoms with Crippen LogP contribution in [0.1, 0.15) is 5.69 Å². The molecule has 84 valence electrons. The van der Waals surface area contributed by atoms with Crippen LogP contribution in [0, 0.1) is 6.92 Å². The molecule has 3 aromatic heterocycles. The standard InChI is InChI=1S/C12H10N4O/c1-8-12(9-5-6-11(17)15-14-9)16-7-3-2-4-10(16)13-8/h2-7H,1H3,(H,15,17). The van der Waals surface area contributed by atoms with Crippen molar-refractivity contribution >= 4 is 5.65 Å². The lowest BCUT2D eigenvalue weighted by molar-refractivity contribution is 0.982. The van der Waals surface area contributed by atoms with E-state index in [0.717, 1.165) is 17.0 Å². The molecule has 0 bridgehead atoms. The largest absolute Gasteiger partial charge is 0.298 e. The summed E-state index contributed by atoms with van der Waals surface area (Å²) in [7, 11) is 0. The highest BCUT2D eigenvalue weighted by Crippen LogP contribution is 2.21. The maximum atomic E-state index is 11.0. The predicted octanol–water partition coefficient (Wildman–Crippen LogP) is 1.39. The van der Waals surface area contributed by atoms with Crippen LogP contribution in [0.3, 0.4) is 0 Å². The van der Waals surface area contributed by atoms with E-state index in [-0.39, 0.29) is 5.56 Å². The zero-order valence-corrected chi connectivity index (χ0v) is 9.21. The Morgan fingerprint density at radius 2 is 2.12 bits per heavy atom. The van der Waals surface area contributed by atoms with E-state index >= 15 is 0 Å². The third-order valence-electron chi connectivity index (χ3n) is 2.63. The molecule has 1 N–H and O–H groups in total. The molecule has 17 heavy (non-hydrogen) atoms. The number of fused-ring (bicyclic) bond motifs is 1. The number of aromatic nitrogens is 4. The molecule has 0 saturated carbocycles. The van der Waals surface area contributed by atoms with Gasteiger partial charge in [0.25, 0.3) is 5.56 Å². The van der Waals surface area contributed by atoms with Crippen LogP contribution < -0.4 is 5.56 Å². The van der Waals surface area contributed by atoms with Crippen LogP contribution in [0.5, 0.6) is 0 Å². The van der Waals surface area contributed by atoms with Crippen molar-refractivity contribution < 1.29 is 0 Å². The molecule has 0 aliphatic heterocycles. The molecule has 0 aromatic carbocycles. The van der Waals surface area contributed by atoms with Crippen LogP contribution in [0.2, 0.25) is 0 Å². The van der Waals surface area contributed by atoms with E-state index in [9.17, 15) is 4.79 Å². The monoisotopic (exact) mass is 226 g/mol. The second kappa shape index (κ2) is 3.55. The molecule has 0 amide bonds. The van der Waals surface area contributed by atoms with E-state index in [1.54, 1.807) is 6.07 Å². The molecule has 0 radical (unpaired) electrons. The Labute approximate surface area is 96.8 Å². The first-order valence-corrected chi connectivity index (χ1v) is 5.25. The Hall–Kier alpha value is -2.43. The fourth-order valence-corrected chi connectivity index (χ4v) is 1.90. The van der Waals surface area contributed by atoms with Crippen LogP contribution in [-0.4, -0.2) is 19.6 Å². The molecule has 0 aliphatic rings. The van der Waals surface area contributed by atoms with Gasteiger partial charge in [-0.3, -0.25) is 9.20 Å². The summed E-state index contributed by atoms with van der Waals surface area (Å²) in [6.07, 6.45) is 1.93. The van der Waals surface area contributed by atoms with E-state index in [4.69, 9.17) is 0 Å². The van der Waals surface area contributed by atoms with Crippen LogP contribution in [0.4, 0.5) is 0 Å². The van der Waals surface area contributed by atoms with E-state index in [2.05, 4.69) is 15.2 Å². The fourth-order valence-electron chi connectivity index (χ4n) is 1.90. The molecule has 3 rings (SSSR count). The third-order valence-corrected chi connectivity index (χ3v) is 2.63. The SMILES string of the molecule is Cc1nc2ccccn2c1-c1ccc(=O)[nH]n1. The number of aryl methyl sites for hydroxylation is 1. The first kappa shape index (κ1) is 9.77. The van der Waals surface area contributed by atoms with Crippen LogP contribution in [0.15, 0.2) is 41.3 Å². The number of rotatable bonds is 1.